The Balaban J connectivity index is 1.33. The maximum absolute atomic E-state index is 13.6. The molecule has 2 saturated carbocycles. The number of ether oxygens (including phenoxy) is 1. The van der Waals surface area contributed by atoms with Crippen LogP contribution in [0.3, 0.4) is 0 Å². The molecule has 0 aromatic heterocycles. The van der Waals surface area contributed by atoms with Gasteiger partial charge >= 0.3 is 6.09 Å². The first-order valence-electron chi connectivity index (χ1n) is 12.7. The van der Waals surface area contributed by atoms with E-state index < -0.39 is 42.1 Å². The zero-order valence-corrected chi connectivity index (χ0v) is 20.6. The smallest absolute Gasteiger partial charge is 0.428 e. The highest BCUT2D eigenvalue weighted by atomic mass is 16.6. The number of nitrogens with one attached hydrogen (secondary N) is 1. The van der Waals surface area contributed by atoms with E-state index in [1.165, 1.54) is 4.90 Å². The molecule has 1 heterocycles. The van der Waals surface area contributed by atoms with E-state index in [2.05, 4.69) is 10.5 Å². The molecule has 1 aliphatic heterocycles. The Bertz CT molecular complexity index is 1190. The molecule has 0 radical (unpaired) electrons. The molecule has 9 heteroatoms. The highest BCUT2D eigenvalue weighted by Crippen LogP contribution is 2.50. The minimum Gasteiger partial charge on any atom is -0.443 e. The monoisotopic (exact) mass is 505 g/mol. The Morgan fingerprint density at radius 3 is 2.38 bits per heavy atom. The maximum atomic E-state index is 13.6. The molecule has 3 amide bonds. The van der Waals surface area contributed by atoms with Crippen molar-refractivity contribution in [3.05, 3.63) is 71.8 Å². The van der Waals surface area contributed by atoms with Crippen molar-refractivity contribution in [2.24, 2.45) is 28.8 Å². The van der Waals surface area contributed by atoms with E-state index in [9.17, 15) is 24.6 Å². The molecular formula is C28H31N3O6. The fourth-order valence-corrected chi connectivity index (χ4v) is 6.16. The van der Waals surface area contributed by atoms with Crippen molar-refractivity contribution >= 4 is 23.6 Å². The van der Waals surface area contributed by atoms with E-state index in [1.54, 1.807) is 0 Å². The lowest BCUT2D eigenvalue weighted by molar-refractivity contribution is -0.144. The van der Waals surface area contributed by atoms with Gasteiger partial charge < -0.3 is 14.9 Å². The number of nitrogens with zero attached hydrogens (tertiary/aromatic N) is 2. The fraction of sp³-hybridized carbons (Fsp3) is 0.429. The van der Waals surface area contributed by atoms with Crippen molar-refractivity contribution in [2.75, 3.05) is 0 Å². The van der Waals surface area contributed by atoms with Crippen LogP contribution in [0.1, 0.15) is 43.4 Å². The lowest BCUT2D eigenvalue weighted by Crippen LogP contribution is -2.55. The van der Waals surface area contributed by atoms with Gasteiger partial charge in [-0.3, -0.25) is 14.5 Å². The largest absolute Gasteiger partial charge is 0.443 e. The number of carbonyl (C=O) groups excluding carboxylic acids is 3. The number of hydrogen-bond donors (Lipinski definition) is 3. The third kappa shape index (κ3) is 4.76. The zero-order chi connectivity index (χ0) is 26.1. The van der Waals surface area contributed by atoms with Gasteiger partial charge in [-0.2, -0.15) is 5.10 Å². The van der Waals surface area contributed by atoms with Crippen molar-refractivity contribution < 1.29 is 29.3 Å². The lowest BCUT2D eigenvalue weighted by Gasteiger charge is -2.45. The van der Waals surface area contributed by atoms with Gasteiger partial charge in [0.25, 0.3) is 0 Å². The van der Waals surface area contributed by atoms with Gasteiger partial charge in [-0.05, 0) is 30.9 Å². The van der Waals surface area contributed by atoms with Crippen molar-refractivity contribution in [3.63, 3.8) is 0 Å². The van der Waals surface area contributed by atoms with Crippen molar-refractivity contribution in [1.29, 1.82) is 0 Å². The number of carbonyl (C=O) groups is 3. The first-order valence-corrected chi connectivity index (χ1v) is 12.7. The van der Waals surface area contributed by atoms with E-state index >= 15 is 0 Å². The molecule has 3 N–H and O–H groups in total. The molecule has 3 fully saturated rings. The standard InChI is InChI=1S/C28H31N3O6/c1-16(18-10-6-3-7-11-18)31-26(34)20-13-12-19-21(14-22(32)25(33)23(19)24(20)27(31)35)29-30-28(36)37-15-17-8-4-2-5-9-17/h2-11,16,19-20,22-25,32-33H,12-15H2,1H3,(H,30,36)/b29-21-/t16-,19-,20-,22+,23-,24+,25+/m0/s1. The molecule has 0 spiro atoms. The van der Waals surface area contributed by atoms with E-state index in [-0.39, 0.29) is 30.8 Å². The van der Waals surface area contributed by atoms with Crippen LogP contribution in [0.25, 0.3) is 0 Å². The number of aliphatic hydroxyl groups is 2. The summed E-state index contributed by atoms with van der Waals surface area (Å²) in [6, 6.07) is 18.1. The molecule has 37 heavy (non-hydrogen) atoms. The highest BCUT2D eigenvalue weighted by Gasteiger charge is 2.60. The average Bonchev–Trinajstić information content (AvgIpc) is 3.18. The first kappa shape index (κ1) is 25.1. The molecule has 0 unspecified atom stereocenters. The number of hydrazone groups is 1. The molecule has 7 atom stereocenters. The summed E-state index contributed by atoms with van der Waals surface area (Å²) < 4.78 is 5.21. The van der Waals surface area contributed by atoms with E-state index in [1.807, 2.05) is 67.6 Å². The second kappa shape index (κ2) is 10.4. The van der Waals surface area contributed by atoms with E-state index in [0.717, 1.165) is 11.1 Å². The Morgan fingerprint density at radius 1 is 1.03 bits per heavy atom. The summed E-state index contributed by atoms with van der Waals surface area (Å²) in [5, 5.41) is 25.9. The van der Waals surface area contributed by atoms with Gasteiger partial charge in [-0.25, -0.2) is 10.2 Å². The highest BCUT2D eigenvalue weighted by molar-refractivity contribution is 6.06. The van der Waals surface area contributed by atoms with Crippen LogP contribution in [0, 0.1) is 23.7 Å². The second-order valence-corrected chi connectivity index (χ2v) is 10.1. The van der Waals surface area contributed by atoms with Crippen LogP contribution in [-0.2, 0) is 20.9 Å². The van der Waals surface area contributed by atoms with E-state index in [4.69, 9.17) is 4.74 Å². The molecule has 2 aromatic carbocycles. The van der Waals surface area contributed by atoms with Crippen LogP contribution >= 0.6 is 0 Å². The summed E-state index contributed by atoms with van der Waals surface area (Å²) in [5.74, 6) is -2.89. The summed E-state index contributed by atoms with van der Waals surface area (Å²) in [4.78, 5) is 40.6. The van der Waals surface area contributed by atoms with Gasteiger partial charge in [-0.1, -0.05) is 60.7 Å². The Morgan fingerprint density at radius 2 is 1.68 bits per heavy atom. The third-order valence-corrected chi connectivity index (χ3v) is 7.99. The Labute approximate surface area is 215 Å². The quantitative estimate of drug-likeness (QED) is 0.423. The Kier molecular flexibility index (Phi) is 7.08. The molecule has 2 aliphatic carbocycles. The molecule has 194 valence electrons. The van der Waals surface area contributed by atoms with E-state index in [0.29, 0.717) is 18.6 Å². The third-order valence-electron chi connectivity index (χ3n) is 7.99. The summed E-state index contributed by atoms with van der Waals surface area (Å²) in [6.07, 6.45) is -2.03. The minimum absolute atomic E-state index is 0.0605. The number of amides is 3. The predicted molar refractivity (Wildman–Crippen MR) is 134 cm³/mol. The van der Waals surface area contributed by atoms with Gasteiger partial charge in [0.15, 0.2) is 0 Å². The summed E-state index contributed by atoms with van der Waals surface area (Å²) in [6.45, 7) is 1.91. The molecular weight excluding hydrogens is 474 g/mol. The number of rotatable bonds is 5. The topological polar surface area (TPSA) is 129 Å². The first-order chi connectivity index (χ1) is 17.9. The van der Waals surface area contributed by atoms with Crippen LogP contribution in [0.4, 0.5) is 4.79 Å². The minimum atomic E-state index is -1.18. The summed E-state index contributed by atoms with van der Waals surface area (Å²) >= 11 is 0. The number of aliphatic hydroxyl groups excluding tert-OH is 2. The number of imide groups is 1. The van der Waals surface area contributed by atoms with Crippen LogP contribution < -0.4 is 5.43 Å². The van der Waals surface area contributed by atoms with Gasteiger partial charge in [0.2, 0.25) is 11.8 Å². The second-order valence-electron chi connectivity index (χ2n) is 10.1. The summed E-state index contributed by atoms with van der Waals surface area (Å²) in [5.41, 5.74) is 4.57. The zero-order valence-electron chi connectivity index (χ0n) is 20.6. The predicted octanol–water partition coefficient (Wildman–Crippen LogP) is 2.78. The van der Waals surface area contributed by atoms with Crippen LogP contribution in [0.5, 0.6) is 0 Å². The van der Waals surface area contributed by atoms with Crippen LogP contribution in [0.2, 0.25) is 0 Å². The number of likely N-dealkylation sites (tertiary alicyclic amines) is 1. The Hall–Kier alpha value is -3.56. The SMILES string of the molecule is C[C@@H](c1ccccc1)N1C(=O)[C@H]2[C@H]3[C@H](O)[C@H](O)C/C(=N/NC(=O)OCc4ccccc4)[C@@H]3CC[C@@H]2C1=O. The molecule has 1 saturated heterocycles. The van der Waals surface area contributed by atoms with Crippen LogP contribution in [0.15, 0.2) is 65.8 Å². The number of benzene rings is 2. The molecule has 3 aliphatic rings. The molecule has 0 bridgehead atoms. The molecule has 2 aromatic rings. The van der Waals surface area contributed by atoms with Crippen LogP contribution in [-0.4, -0.2) is 50.9 Å². The van der Waals surface area contributed by atoms with Gasteiger partial charge in [0, 0.05) is 24.0 Å². The van der Waals surface area contributed by atoms with Crippen molar-refractivity contribution in [2.45, 2.75) is 51.0 Å². The van der Waals surface area contributed by atoms with Gasteiger partial charge in [-0.15, -0.1) is 0 Å². The van der Waals surface area contributed by atoms with Crippen molar-refractivity contribution in [3.8, 4) is 0 Å². The van der Waals surface area contributed by atoms with Crippen molar-refractivity contribution in [1.82, 2.24) is 10.3 Å². The lowest BCUT2D eigenvalue weighted by atomic mass is 9.60. The van der Waals surface area contributed by atoms with Gasteiger partial charge in [0.1, 0.15) is 6.61 Å². The van der Waals surface area contributed by atoms with Gasteiger partial charge in [0.05, 0.1) is 30.1 Å². The summed E-state index contributed by atoms with van der Waals surface area (Å²) in [7, 11) is 0. The number of fused-ring (bicyclic) bond motifs is 3. The fourth-order valence-electron chi connectivity index (χ4n) is 6.16. The molecule has 5 rings (SSSR count). The maximum Gasteiger partial charge on any atom is 0.428 e. The normalized spacial score (nSPS) is 31.0. The number of hydrogen-bond acceptors (Lipinski definition) is 7. The molecule has 9 nitrogen and oxygen atoms in total. The average molecular weight is 506 g/mol.